The zero-order valence-corrected chi connectivity index (χ0v) is 14.4. The average molecular weight is 341 g/mol. The molecule has 0 N–H and O–H groups in total. The van der Waals surface area contributed by atoms with Crippen molar-refractivity contribution in [2.45, 2.75) is 25.6 Å². The number of carbonyl (C=O) groups is 1. The van der Waals surface area contributed by atoms with Crippen molar-refractivity contribution in [1.29, 1.82) is 0 Å². The van der Waals surface area contributed by atoms with E-state index in [1.54, 1.807) is 19.6 Å². The van der Waals surface area contributed by atoms with Gasteiger partial charge in [-0.1, -0.05) is 12.1 Å². The molecule has 0 saturated carbocycles. The third-order valence-corrected chi connectivity index (χ3v) is 4.30. The number of benzene rings is 1. The Morgan fingerprint density at radius 2 is 2.16 bits per heavy atom. The number of ether oxygens (including phenoxy) is 2. The maximum absolute atomic E-state index is 12.7. The van der Waals surface area contributed by atoms with E-state index in [0.29, 0.717) is 31.9 Å². The highest BCUT2D eigenvalue weighted by Gasteiger charge is 2.25. The molecule has 0 unspecified atom stereocenters. The van der Waals surface area contributed by atoms with Crippen LogP contribution >= 0.6 is 0 Å². The van der Waals surface area contributed by atoms with E-state index in [1.807, 2.05) is 35.2 Å². The number of aryl methyl sites for hydroxylation is 1. The Hall–Kier alpha value is -2.31. The Kier molecular flexibility index (Phi) is 6.09. The topological polar surface area (TPSA) is 64.5 Å². The monoisotopic (exact) mass is 341 g/mol. The number of morpholine rings is 1. The van der Waals surface area contributed by atoms with Crippen molar-refractivity contribution in [2.24, 2.45) is 0 Å². The van der Waals surface area contributed by atoms with Crippen molar-refractivity contribution in [3.63, 3.8) is 0 Å². The quantitative estimate of drug-likeness (QED) is 0.805. The normalized spacial score (nSPS) is 17.5. The van der Waals surface area contributed by atoms with Gasteiger partial charge in [-0.05, 0) is 36.6 Å². The van der Waals surface area contributed by atoms with Gasteiger partial charge in [-0.25, -0.2) is 9.97 Å². The summed E-state index contributed by atoms with van der Waals surface area (Å²) in [7, 11) is 1.66. The third kappa shape index (κ3) is 4.84. The molecule has 6 nitrogen and oxygen atoms in total. The van der Waals surface area contributed by atoms with Crippen LogP contribution in [-0.2, 0) is 22.5 Å². The van der Waals surface area contributed by atoms with Crippen LogP contribution in [0, 0.1) is 0 Å². The molecule has 1 aromatic heterocycles. The molecule has 0 aliphatic carbocycles. The van der Waals surface area contributed by atoms with E-state index in [0.717, 1.165) is 24.1 Å². The number of rotatable bonds is 6. The molecular formula is C19H23N3O3. The van der Waals surface area contributed by atoms with E-state index >= 15 is 0 Å². The van der Waals surface area contributed by atoms with Crippen molar-refractivity contribution >= 4 is 5.91 Å². The van der Waals surface area contributed by atoms with Gasteiger partial charge in [0, 0.05) is 37.7 Å². The highest BCUT2D eigenvalue weighted by molar-refractivity contribution is 5.94. The molecule has 1 fully saturated rings. The highest BCUT2D eigenvalue weighted by Crippen LogP contribution is 2.15. The predicted molar refractivity (Wildman–Crippen MR) is 93.2 cm³/mol. The second kappa shape index (κ2) is 8.69. The highest BCUT2D eigenvalue weighted by atomic mass is 16.5. The molecule has 0 spiro atoms. The number of hydrogen-bond acceptors (Lipinski definition) is 5. The van der Waals surface area contributed by atoms with E-state index in [-0.39, 0.29) is 12.0 Å². The van der Waals surface area contributed by atoms with Crippen molar-refractivity contribution in [1.82, 2.24) is 14.9 Å². The van der Waals surface area contributed by atoms with Crippen molar-refractivity contribution in [3.8, 4) is 0 Å². The number of hydrogen-bond donors (Lipinski definition) is 0. The average Bonchev–Trinajstić information content (AvgIpc) is 2.68. The fourth-order valence-corrected chi connectivity index (χ4v) is 2.95. The molecule has 1 saturated heterocycles. The van der Waals surface area contributed by atoms with Crippen molar-refractivity contribution < 1.29 is 14.3 Å². The van der Waals surface area contributed by atoms with Crippen LogP contribution in [0.2, 0.25) is 0 Å². The lowest BCUT2D eigenvalue weighted by Crippen LogP contribution is -2.45. The minimum atomic E-state index is 0.0421. The molecule has 1 aliphatic heterocycles. The lowest BCUT2D eigenvalue weighted by molar-refractivity contribution is -0.0246. The van der Waals surface area contributed by atoms with Gasteiger partial charge in [-0.3, -0.25) is 4.79 Å². The number of amides is 1. The number of nitrogens with zero attached hydrogens (tertiary/aromatic N) is 3. The number of carbonyl (C=O) groups excluding carboxylic acids is 1. The summed E-state index contributed by atoms with van der Waals surface area (Å²) in [6.45, 7) is 2.37. The summed E-state index contributed by atoms with van der Waals surface area (Å²) in [5, 5.41) is 0. The Morgan fingerprint density at radius 3 is 2.88 bits per heavy atom. The molecule has 2 heterocycles. The molecule has 1 aliphatic rings. The first-order valence-corrected chi connectivity index (χ1v) is 8.50. The first-order valence-electron chi connectivity index (χ1n) is 8.50. The smallest absolute Gasteiger partial charge is 0.254 e. The molecule has 1 aromatic carbocycles. The Morgan fingerprint density at radius 1 is 1.32 bits per heavy atom. The maximum Gasteiger partial charge on any atom is 0.254 e. The first-order chi connectivity index (χ1) is 12.3. The minimum absolute atomic E-state index is 0.0421. The van der Waals surface area contributed by atoms with Crippen LogP contribution in [0.5, 0.6) is 0 Å². The van der Waals surface area contributed by atoms with E-state index in [1.165, 1.54) is 0 Å². The summed E-state index contributed by atoms with van der Waals surface area (Å²) < 4.78 is 10.9. The van der Waals surface area contributed by atoms with Crippen LogP contribution in [0.25, 0.3) is 0 Å². The Bertz CT molecular complexity index is 676. The summed E-state index contributed by atoms with van der Waals surface area (Å²) in [4.78, 5) is 22.7. The SMILES string of the molecule is COCc1ccc(C(=O)N2CCO[C@@H](CCc3ccncn3)C2)cc1. The van der Waals surface area contributed by atoms with Crippen LogP contribution in [-0.4, -0.2) is 53.7 Å². The van der Waals surface area contributed by atoms with Gasteiger partial charge >= 0.3 is 0 Å². The molecule has 2 aromatic rings. The fraction of sp³-hybridized carbons (Fsp3) is 0.421. The number of methoxy groups -OCH3 is 1. The zero-order valence-electron chi connectivity index (χ0n) is 14.4. The number of aromatic nitrogens is 2. The predicted octanol–water partition coefficient (Wildman–Crippen LogP) is 2.10. The van der Waals surface area contributed by atoms with Gasteiger partial charge in [0.1, 0.15) is 6.33 Å². The van der Waals surface area contributed by atoms with Gasteiger partial charge in [0.15, 0.2) is 0 Å². The van der Waals surface area contributed by atoms with Gasteiger partial charge < -0.3 is 14.4 Å². The lowest BCUT2D eigenvalue weighted by atomic mass is 10.1. The van der Waals surface area contributed by atoms with Crippen LogP contribution < -0.4 is 0 Å². The third-order valence-electron chi connectivity index (χ3n) is 4.30. The lowest BCUT2D eigenvalue weighted by Gasteiger charge is -2.33. The van der Waals surface area contributed by atoms with E-state index in [2.05, 4.69) is 9.97 Å². The van der Waals surface area contributed by atoms with Gasteiger partial charge in [0.25, 0.3) is 5.91 Å². The van der Waals surface area contributed by atoms with Crippen molar-refractivity contribution in [2.75, 3.05) is 26.8 Å². The van der Waals surface area contributed by atoms with Gasteiger partial charge in [-0.2, -0.15) is 0 Å². The zero-order chi connectivity index (χ0) is 17.5. The molecule has 0 radical (unpaired) electrons. The second-order valence-electron chi connectivity index (χ2n) is 6.11. The first kappa shape index (κ1) is 17.5. The van der Waals surface area contributed by atoms with Gasteiger partial charge in [-0.15, -0.1) is 0 Å². The van der Waals surface area contributed by atoms with Crippen molar-refractivity contribution in [3.05, 3.63) is 59.7 Å². The van der Waals surface area contributed by atoms with E-state index in [9.17, 15) is 4.79 Å². The fourth-order valence-electron chi connectivity index (χ4n) is 2.95. The molecule has 25 heavy (non-hydrogen) atoms. The summed E-state index contributed by atoms with van der Waals surface area (Å²) >= 11 is 0. The van der Waals surface area contributed by atoms with Crippen LogP contribution in [0.15, 0.2) is 42.9 Å². The molecule has 6 heteroatoms. The maximum atomic E-state index is 12.7. The van der Waals surface area contributed by atoms with E-state index in [4.69, 9.17) is 9.47 Å². The van der Waals surface area contributed by atoms with Crippen LogP contribution in [0.3, 0.4) is 0 Å². The summed E-state index contributed by atoms with van der Waals surface area (Å²) in [5.74, 6) is 0.0549. The molecule has 1 amide bonds. The van der Waals surface area contributed by atoms with Crippen LogP contribution in [0.1, 0.15) is 28.0 Å². The molecule has 1 atom stereocenters. The molecule has 0 bridgehead atoms. The summed E-state index contributed by atoms with van der Waals surface area (Å²) in [6.07, 6.45) is 5.00. The van der Waals surface area contributed by atoms with Gasteiger partial charge in [0.2, 0.25) is 0 Å². The van der Waals surface area contributed by atoms with E-state index < -0.39 is 0 Å². The Balaban J connectivity index is 1.55. The standard InChI is InChI=1S/C19H23N3O3/c1-24-13-15-2-4-16(5-3-15)19(23)22-10-11-25-18(12-22)7-6-17-8-9-20-14-21-17/h2-5,8-9,14,18H,6-7,10-13H2,1H3/t18-/m0/s1. The summed E-state index contributed by atoms with van der Waals surface area (Å²) in [5.41, 5.74) is 2.76. The van der Waals surface area contributed by atoms with Crippen LogP contribution in [0.4, 0.5) is 0 Å². The van der Waals surface area contributed by atoms with Gasteiger partial charge in [0.05, 0.1) is 19.3 Å². The molecule has 3 rings (SSSR count). The second-order valence-corrected chi connectivity index (χ2v) is 6.11. The molecule has 132 valence electrons. The largest absolute Gasteiger partial charge is 0.380 e. The summed E-state index contributed by atoms with van der Waals surface area (Å²) in [6, 6.07) is 9.50. The Labute approximate surface area is 147 Å². The minimum Gasteiger partial charge on any atom is -0.380 e. The molecular weight excluding hydrogens is 318 g/mol.